The number of nitrogens with two attached hydrogens (primary N) is 1. The van der Waals surface area contributed by atoms with Crippen molar-refractivity contribution in [1.82, 2.24) is 0 Å². The topological polar surface area (TPSA) is 58.3 Å². The minimum Gasteiger partial charge on any atom is -0.507 e. The molecule has 0 heterocycles. The van der Waals surface area contributed by atoms with Gasteiger partial charge in [0.15, 0.2) is 0 Å². The van der Waals surface area contributed by atoms with E-state index in [2.05, 4.69) is 21.4 Å². The SMILES string of the molecule is NNc1cc(O)c(I)cc1Br. The molecule has 0 saturated carbocycles. The fourth-order valence-electron chi connectivity index (χ4n) is 0.648. The van der Waals surface area contributed by atoms with Gasteiger partial charge in [-0.3, -0.25) is 5.84 Å². The van der Waals surface area contributed by atoms with E-state index in [1.807, 2.05) is 22.6 Å². The maximum atomic E-state index is 9.23. The van der Waals surface area contributed by atoms with Gasteiger partial charge in [0.25, 0.3) is 0 Å². The molecule has 0 aliphatic carbocycles. The smallest absolute Gasteiger partial charge is 0.131 e. The molecule has 0 amide bonds. The molecule has 0 unspecified atom stereocenters. The van der Waals surface area contributed by atoms with Crippen LogP contribution in [0.3, 0.4) is 0 Å². The van der Waals surface area contributed by atoms with Crippen LogP contribution in [0.25, 0.3) is 0 Å². The van der Waals surface area contributed by atoms with E-state index in [1.165, 1.54) is 0 Å². The van der Waals surface area contributed by atoms with E-state index in [1.54, 1.807) is 12.1 Å². The number of benzene rings is 1. The first kappa shape index (κ1) is 9.08. The zero-order valence-electron chi connectivity index (χ0n) is 5.44. The Morgan fingerprint density at radius 2 is 2.18 bits per heavy atom. The average Bonchev–Trinajstić information content (AvgIpc) is 1.97. The van der Waals surface area contributed by atoms with Gasteiger partial charge in [0, 0.05) is 10.5 Å². The summed E-state index contributed by atoms with van der Waals surface area (Å²) in [5.41, 5.74) is 3.12. The highest BCUT2D eigenvalue weighted by atomic mass is 127. The quantitative estimate of drug-likeness (QED) is 0.420. The zero-order chi connectivity index (χ0) is 8.43. The van der Waals surface area contributed by atoms with E-state index >= 15 is 0 Å². The van der Waals surface area contributed by atoms with E-state index < -0.39 is 0 Å². The van der Waals surface area contributed by atoms with Crippen LogP contribution in [0.15, 0.2) is 16.6 Å². The Morgan fingerprint density at radius 1 is 1.55 bits per heavy atom. The lowest BCUT2D eigenvalue weighted by Gasteiger charge is -2.04. The van der Waals surface area contributed by atoms with Crippen molar-refractivity contribution in [2.24, 2.45) is 5.84 Å². The van der Waals surface area contributed by atoms with Crippen LogP contribution in [-0.2, 0) is 0 Å². The lowest BCUT2D eigenvalue weighted by molar-refractivity contribution is 0.471. The largest absolute Gasteiger partial charge is 0.507 e. The highest BCUT2D eigenvalue weighted by Gasteiger charge is 2.03. The third-order valence-electron chi connectivity index (χ3n) is 1.19. The first-order chi connectivity index (χ1) is 5.15. The van der Waals surface area contributed by atoms with Crippen LogP contribution in [0.5, 0.6) is 5.75 Å². The summed E-state index contributed by atoms with van der Waals surface area (Å²) in [5.74, 6) is 5.40. The highest BCUT2D eigenvalue weighted by molar-refractivity contribution is 14.1. The Kier molecular flexibility index (Phi) is 2.97. The minimum absolute atomic E-state index is 0.224. The van der Waals surface area contributed by atoms with E-state index in [0.29, 0.717) is 5.69 Å². The fraction of sp³-hybridized carbons (Fsp3) is 0. The molecule has 0 fully saturated rings. The summed E-state index contributed by atoms with van der Waals surface area (Å²) in [5, 5.41) is 9.23. The van der Waals surface area contributed by atoms with Gasteiger partial charge < -0.3 is 10.5 Å². The molecule has 60 valence electrons. The number of anilines is 1. The number of aromatic hydroxyl groups is 1. The van der Waals surface area contributed by atoms with Gasteiger partial charge in [0.05, 0.1) is 9.26 Å². The second-order valence-corrected chi connectivity index (χ2v) is 3.94. The number of hydrogen-bond donors (Lipinski definition) is 3. The molecule has 0 aliphatic heterocycles. The van der Waals surface area contributed by atoms with E-state index in [0.717, 1.165) is 8.04 Å². The Morgan fingerprint density at radius 3 is 2.73 bits per heavy atom. The van der Waals surface area contributed by atoms with Crippen molar-refractivity contribution in [3.05, 3.63) is 20.2 Å². The number of halogens is 2. The maximum absolute atomic E-state index is 9.23. The average molecular weight is 329 g/mol. The summed E-state index contributed by atoms with van der Waals surface area (Å²) in [6.45, 7) is 0. The highest BCUT2D eigenvalue weighted by Crippen LogP contribution is 2.30. The summed E-state index contributed by atoms with van der Waals surface area (Å²) in [7, 11) is 0. The van der Waals surface area contributed by atoms with Crippen molar-refractivity contribution in [3.8, 4) is 5.75 Å². The molecule has 0 saturated heterocycles. The van der Waals surface area contributed by atoms with Crippen molar-refractivity contribution in [3.63, 3.8) is 0 Å². The predicted octanol–water partition coefficient (Wildman–Crippen LogP) is 2.04. The van der Waals surface area contributed by atoms with Crippen LogP contribution in [0.4, 0.5) is 5.69 Å². The first-order valence-corrected chi connectivity index (χ1v) is 4.67. The predicted molar refractivity (Wildman–Crippen MR) is 56.3 cm³/mol. The molecule has 1 aromatic carbocycles. The number of hydrazine groups is 1. The lowest BCUT2D eigenvalue weighted by atomic mass is 10.3. The van der Waals surface area contributed by atoms with Crippen LogP contribution < -0.4 is 11.3 Å². The molecule has 4 N–H and O–H groups in total. The van der Waals surface area contributed by atoms with Gasteiger partial charge in [0.1, 0.15) is 5.75 Å². The Hall–Kier alpha value is -0.0100. The fourth-order valence-corrected chi connectivity index (χ4v) is 2.00. The first-order valence-electron chi connectivity index (χ1n) is 2.79. The van der Waals surface area contributed by atoms with Gasteiger partial charge in [-0.2, -0.15) is 0 Å². The summed E-state index contributed by atoms with van der Waals surface area (Å²) >= 11 is 5.32. The third-order valence-corrected chi connectivity index (χ3v) is 2.71. The Balaban J connectivity index is 3.21. The zero-order valence-corrected chi connectivity index (χ0v) is 9.18. The third kappa shape index (κ3) is 1.97. The molecule has 1 aromatic rings. The molecule has 1 rings (SSSR count). The summed E-state index contributed by atoms with van der Waals surface area (Å²) in [4.78, 5) is 0. The molecular formula is C6H6BrIN2O. The Bertz CT molecular complexity index is 280. The molecule has 0 bridgehead atoms. The summed E-state index contributed by atoms with van der Waals surface area (Å²) in [6.07, 6.45) is 0. The molecule has 3 nitrogen and oxygen atoms in total. The standard InChI is InChI=1S/C6H6BrIN2O/c7-3-1-4(8)6(11)2-5(3)10-9/h1-2,10-11H,9H2. The van der Waals surface area contributed by atoms with E-state index in [4.69, 9.17) is 5.84 Å². The van der Waals surface area contributed by atoms with Gasteiger partial charge in [-0.25, -0.2) is 0 Å². The molecule has 0 atom stereocenters. The van der Waals surface area contributed by atoms with E-state index in [-0.39, 0.29) is 5.75 Å². The van der Waals surface area contributed by atoms with Crippen LogP contribution in [-0.4, -0.2) is 5.11 Å². The molecule has 0 radical (unpaired) electrons. The van der Waals surface area contributed by atoms with Gasteiger partial charge in [-0.05, 0) is 44.6 Å². The number of phenols is 1. The number of nitrogens with one attached hydrogen (secondary N) is 1. The number of nitrogen functional groups attached to an aromatic ring is 1. The summed E-state index contributed by atoms with van der Waals surface area (Å²) < 4.78 is 1.62. The van der Waals surface area contributed by atoms with Crippen molar-refractivity contribution in [2.75, 3.05) is 5.43 Å². The molecule has 5 heteroatoms. The number of phenolic OH excluding ortho intramolecular Hbond substituents is 1. The molecule has 0 aliphatic rings. The van der Waals surface area contributed by atoms with Gasteiger partial charge >= 0.3 is 0 Å². The normalized spacial score (nSPS) is 9.73. The monoisotopic (exact) mass is 328 g/mol. The van der Waals surface area contributed by atoms with Crippen LogP contribution in [0.2, 0.25) is 0 Å². The second-order valence-electron chi connectivity index (χ2n) is 1.93. The molecule has 0 aromatic heterocycles. The number of hydrogen-bond acceptors (Lipinski definition) is 3. The summed E-state index contributed by atoms with van der Waals surface area (Å²) in [6, 6.07) is 3.34. The van der Waals surface area contributed by atoms with Crippen LogP contribution in [0.1, 0.15) is 0 Å². The van der Waals surface area contributed by atoms with E-state index in [9.17, 15) is 5.11 Å². The second kappa shape index (κ2) is 3.59. The maximum Gasteiger partial charge on any atom is 0.131 e. The lowest BCUT2D eigenvalue weighted by Crippen LogP contribution is -2.07. The van der Waals surface area contributed by atoms with Crippen molar-refractivity contribution >= 4 is 44.2 Å². The Labute approximate surface area is 86.2 Å². The van der Waals surface area contributed by atoms with Crippen molar-refractivity contribution in [2.45, 2.75) is 0 Å². The van der Waals surface area contributed by atoms with Crippen LogP contribution in [0, 0.1) is 3.57 Å². The van der Waals surface area contributed by atoms with Gasteiger partial charge in [-0.15, -0.1) is 0 Å². The van der Waals surface area contributed by atoms with Gasteiger partial charge in [-0.1, -0.05) is 0 Å². The van der Waals surface area contributed by atoms with Crippen molar-refractivity contribution < 1.29 is 5.11 Å². The number of rotatable bonds is 1. The molecule has 0 spiro atoms. The van der Waals surface area contributed by atoms with Crippen LogP contribution >= 0.6 is 38.5 Å². The minimum atomic E-state index is 0.224. The van der Waals surface area contributed by atoms with Gasteiger partial charge in [0.2, 0.25) is 0 Å². The molecule has 11 heavy (non-hydrogen) atoms. The molecular weight excluding hydrogens is 323 g/mol. The van der Waals surface area contributed by atoms with Crippen molar-refractivity contribution in [1.29, 1.82) is 0 Å².